The Bertz CT molecular complexity index is 1230. The van der Waals surface area contributed by atoms with E-state index < -0.39 is 23.4 Å². The number of rotatable bonds is 9. The van der Waals surface area contributed by atoms with E-state index in [-0.39, 0.29) is 17.2 Å². The number of methoxy groups -OCH3 is 1. The molecule has 34 heavy (non-hydrogen) atoms. The number of ether oxygens (including phenoxy) is 3. The fourth-order valence-electron chi connectivity index (χ4n) is 2.68. The van der Waals surface area contributed by atoms with E-state index in [1.165, 1.54) is 31.5 Å². The summed E-state index contributed by atoms with van der Waals surface area (Å²) in [5, 5.41) is 14.9. The van der Waals surface area contributed by atoms with Gasteiger partial charge in [-0.15, -0.1) is 0 Å². The highest BCUT2D eigenvalue weighted by Crippen LogP contribution is 2.26. The zero-order chi connectivity index (χ0) is 24.5. The maximum absolute atomic E-state index is 12.5. The number of para-hydroxylation sites is 2. The summed E-state index contributed by atoms with van der Waals surface area (Å²) >= 11 is 3.33. The maximum Gasteiger partial charge on any atom is 0.343 e. The second kappa shape index (κ2) is 11.6. The largest absolute Gasteiger partial charge is 0.497 e. The van der Waals surface area contributed by atoms with Crippen molar-refractivity contribution in [1.82, 2.24) is 5.43 Å². The first-order valence-electron chi connectivity index (χ1n) is 9.71. The van der Waals surface area contributed by atoms with Crippen LogP contribution in [0.3, 0.4) is 0 Å². The molecule has 1 N–H and O–H groups in total. The second-order valence-electron chi connectivity index (χ2n) is 6.61. The number of nitrogens with zero attached hydrogens (tertiary/aromatic N) is 2. The van der Waals surface area contributed by atoms with Crippen LogP contribution in [0.5, 0.6) is 17.2 Å². The minimum atomic E-state index is -0.638. The van der Waals surface area contributed by atoms with Gasteiger partial charge in [0.15, 0.2) is 12.4 Å². The zero-order valence-electron chi connectivity index (χ0n) is 17.8. The van der Waals surface area contributed by atoms with E-state index in [1.807, 2.05) is 0 Å². The second-order valence-corrected chi connectivity index (χ2v) is 7.52. The summed E-state index contributed by atoms with van der Waals surface area (Å²) < 4.78 is 16.4. The highest BCUT2D eigenvalue weighted by Gasteiger charge is 2.15. The molecule has 1 amide bonds. The lowest BCUT2D eigenvalue weighted by molar-refractivity contribution is -0.385. The molecule has 0 fully saturated rings. The van der Waals surface area contributed by atoms with E-state index in [2.05, 4.69) is 26.5 Å². The van der Waals surface area contributed by atoms with Crippen molar-refractivity contribution in [3.8, 4) is 17.2 Å². The number of halogens is 1. The molecule has 0 saturated heterocycles. The Labute approximate surface area is 202 Å². The molecule has 174 valence electrons. The number of benzene rings is 3. The molecule has 3 aromatic carbocycles. The fraction of sp³-hybridized carbons (Fsp3) is 0.0870. The lowest BCUT2D eigenvalue weighted by atomic mass is 10.2. The first-order chi connectivity index (χ1) is 16.4. The van der Waals surface area contributed by atoms with E-state index in [1.54, 1.807) is 48.5 Å². The normalized spacial score (nSPS) is 10.5. The molecule has 11 heteroatoms. The molecule has 0 aliphatic carbocycles. The summed E-state index contributed by atoms with van der Waals surface area (Å²) in [6.07, 6.45) is 1.30. The Morgan fingerprint density at radius 2 is 1.82 bits per heavy atom. The Hall–Kier alpha value is -4.25. The van der Waals surface area contributed by atoms with Gasteiger partial charge in [-0.1, -0.05) is 28.1 Å². The SMILES string of the molecule is COc1ccc(C(=O)Oc2ccc(Br)cc2/C=N\NC(=O)COc2ccccc2[N+](=O)[O-])cc1. The van der Waals surface area contributed by atoms with Crippen molar-refractivity contribution < 1.29 is 28.7 Å². The predicted octanol–water partition coefficient (Wildman–Crippen LogP) is 4.11. The molecule has 10 nitrogen and oxygen atoms in total. The molecular formula is C23H18BrN3O7. The molecule has 0 radical (unpaired) electrons. The van der Waals surface area contributed by atoms with Gasteiger partial charge in [0, 0.05) is 16.1 Å². The van der Waals surface area contributed by atoms with Crippen LogP contribution in [0.4, 0.5) is 5.69 Å². The van der Waals surface area contributed by atoms with Crippen molar-refractivity contribution in [2.75, 3.05) is 13.7 Å². The van der Waals surface area contributed by atoms with Crippen LogP contribution in [0.2, 0.25) is 0 Å². The number of carbonyl (C=O) groups is 2. The first-order valence-corrected chi connectivity index (χ1v) is 10.5. The molecule has 0 spiro atoms. The molecule has 0 unspecified atom stereocenters. The van der Waals surface area contributed by atoms with Gasteiger partial charge < -0.3 is 14.2 Å². The summed E-state index contributed by atoms with van der Waals surface area (Å²) in [5.41, 5.74) is 2.75. The first kappa shape index (κ1) is 24.4. The lowest BCUT2D eigenvalue weighted by Crippen LogP contribution is -2.24. The van der Waals surface area contributed by atoms with Gasteiger partial charge in [-0.05, 0) is 48.5 Å². The molecule has 0 heterocycles. The quantitative estimate of drug-likeness (QED) is 0.145. The van der Waals surface area contributed by atoms with Crippen LogP contribution in [-0.2, 0) is 4.79 Å². The van der Waals surface area contributed by atoms with Gasteiger partial charge >= 0.3 is 11.7 Å². The fourth-order valence-corrected chi connectivity index (χ4v) is 3.06. The number of amides is 1. The average molecular weight is 528 g/mol. The van der Waals surface area contributed by atoms with Crippen molar-refractivity contribution in [3.05, 3.63) is 92.4 Å². The van der Waals surface area contributed by atoms with E-state index >= 15 is 0 Å². The Morgan fingerprint density at radius 3 is 2.53 bits per heavy atom. The Kier molecular flexibility index (Phi) is 8.30. The van der Waals surface area contributed by atoms with Crippen LogP contribution in [0, 0.1) is 10.1 Å². The number of nitro benzene ring substituents is 1. The molecular weight excluding hydrogens is 510 g/mol. The number of hydrazone groups is 1. The molecule has 0 bridgehead atoms. The van der Waals surface area contributed by atoms with Crippen LogP contribution >= 0.6 is 15.9 Å². The molecule has 0 aliphatic heterocycles. The number of carbonyl (C=O) groups excluding carboxylic acids is 2. The molecule has 0 saturated carbocycles. The molecule has 3 aromatic rings. The maximum atomic E-state index is 12.5. The highest BCUT2D eigenvalue weighted by atomic mass is 79.9. The molecule has 0 aromatic heterocycles. The molecule has 3 rings (SSSR count). The van der Waals surface area contributed by atoms with Gasteiger partial charge in [0.2, 0.25) is 0 Å². The summed E-state index contributed by atoms with van der Waals surface area (Å²) in [6, 6.07) is 17.1. The predicted molar refractivity (Wildman–Crippen MR) is 126 cm³/mol. The number of hydrogen-bond donors (Lipinski definition) is 1. The lowest BCUT2D eigenvalue weighted by Gasteiger charge is -2.09. The standard InChI is InChI=1S/C23H18BrN3O7/c1-32-18-9-6-15(7-10-18)23(29)34-20-11-8-17(24)12-16(20)13-25-26-22(28)14-33-21-5-3-2-4-19(21)27(30)31/h2-13H,14H2,1H3,(H,26,28)/b25-13-. The third kappa shape index (κ3) is 6.62. The van der Waals surface area contributed by atoms with E-state index in [0.717, 1.165) is 0 Å². The van der Waals surface area contributed by atoms with Crippen LogP contribution in [0.25, 0.3) is 0 Å². The molecule has 0 atom stereocenters. The zero-order valence-corrected chi connectivity index (χ0v) is 19.4. The number of esters is 1. The number of nitro groups is 1. The summed E-state index contributed by atoms with van der Waals surface area (Å²) in [4.78, 5) is 34.9. The van der Waals surface area contributed by atoms with Crippen LogP contribution in [0.1, 0.15) is 15.9 Å². The summed E-state index contributed by atoms with van der Waals surface area (Å²) in [7, 11) is 1.52. The minimum Gasteiger partial charge on any atom is -0.497 e. The number of hydrogen-bond acceptors (Lipinski definition) is 8. The van der Waals surface area contributed by atoms with Crippen LogP contribution in [0.15, 0.2) is 76.3 Å². The Balaban J connectivity index is 1.63. The minimum absolute atomic E-state index is 0.0358. The van der Waals surface area contributed by atoms with Crippen molar-refractivity contribution in [2.45, 2.75) is 0 Å². The van der Waals surface area contributed by atoms with E-state index in [4.69, 9.17) is 14.2 Å². The van der Waals surface area contributed by atoms with Gasteiger partial charge in [0.05, 0.1) is 23.8 Å². The monoisotopic (exact) mass is 527 g/mol. The van der Waals surface area contributed by atoms with E-state index in [9.17, 15) is 19.7 Å². The topological polar surface area (TPSA) is 129 Å². The van der Waals surface area contributed by atoms with Crippen molar-refractivity contribution in [3.63, 3.8) is 0 Å². The summed E-state index contributed by atoms with van der Waals surface area (Å²) in [6.45, 7) is -0.486. The van der Waals surface area contributed by atoms with Crippen molar-refractivity contribution >= 4 is 39.7 Å². The third-order valence-electron chi connectivity index (χ3n) is 4.31. The van der Waals surface area contributed by atoms with Gasteiger partial charge in [-0.25, -0.2) is 10.2 Å². The highest BCUT2D eigenvalue weighted by molar-refractivity contribution is 9.10. The third-order valence-corrected chi connectivity index (χ3v) is 4.81. The Morgan fingerprint density at radius 1 is 1.09 bits per heavy atom. The van der Waals surface area contributed by atoms with Crippen LogP contribution in [-0.4, -0.2) is 36.7 Å². The van der Waals surface area contributed by atoms with Gasteiger partial charge in [-0.3, -0.25) is 14.9 Å². The van der Waals surface area contributed by atoms with Gasteiger partial charge in [0.25, 0.3) is 5.91 Å². The summed E-state index contributed by atoms with van der Waals surface area (Å²) in [5.74, 6) is -0.429. The smallest absolute Gasteiger partial charge is 0.343 e. The van der Waals surface area contributed by atoms with Gasteiger partial charge in [-0.2, -0.15) is 5.10 Å². The average Bonchev–Trinajstić information content (AvgIpc) is 2.84. The van der Waals surface area contributed by atoms with Crippen molar-refractivity contribution in [2.24, 2.45) is 5.10 Å². The van der Waals surface area contributed by atoms with E-state index in [0.29, 0.717) is 21.3 Å². The van der Waals surface area contributed by atoms with Crippen molar-refractivity contribution in [1.29, 1.82) is 0 Å². The number of nitrogens with one attached hydrogen (secondary N) is 1. The van der Waals surface area contributed by atoms with Gasteiger partial charge in [0.1, 0.15) is 11.5 Å². The molecule has 0 aliphatic rings. The van der Waals surface area contributed by atoms with Crippen LogP contribution < -0.4 is 19.6 Å².